The van der Waals surface area contributed by atoms with E-state index in [9.17, 15) is 4.79 Å². The Bertz CT molecular complexity index is 580. The van der Waals surface area contributed by atoms with Crippen LogP contribution in [0.3, 0.4) is 0 Å². The van der Waals surface area contributed by atoms with Crippen molar-refractivity contribution in [2.24, 2.45) is 11.8 Å². The maximum absolute atomic E-state index is 12.6. The van der Waals surface area contributed by atoms with Crippen LogP contribution in [0.25, 0.3) is 0 Å². The van der Waals surface area contributed by atoms with Gasteiger partial charge in [-0.2, -0.15) is 0 Å². The number of amides is 1. The zero-order chi connectivity index (χ0) is 17.8. The molecule has 1 amide bonds. The predicted octanol–water partition coefficient (Wildman–Crippen LogP) is 1.69. The summed E-state index contributed by atoms with van der Waals surface area (Å²) in [5.41, 5.74) is 1.32. The second-order valence-electron chi connectivity index (χ2n) is 7.64. The third-order valence-corrected chi connectivity index (χ3v) is 5.47. The van der Waals surface area contributed by atoms with E-state index in [1.807, 2.05) is 11.6 Å². The van der Waals surface area contributed by atoms with Crippen LogP contribution < -0.4 is 10.6 Å². The number of carbonyl (C=O) groups is 1. The molecule has 0 bridgehead atoms. The van der Waals surface area contributed by atoms with E-state index in [0.717, 1.165) is 51.1 Å². The summed E-state index contributed by atoms with van der Waals surface area (Å²) in [6, 6.07) is 0.340. The van der Waals surface area contributed by atoms with E-state index in [1.54, 1.807) is 0 Å². The van der Waals surface area contributed by atoms with Crippen LogP contribution in [0.15, 0.2) is 0 Å². The van der Waals surface area contributed by atoms with E-state index in [1.165, 1.54) is 0 Å². The number of nitrogens with one attached hydrogen (secondary N) is 2. The van der Waals surface area contributed by atoms with Gasteiger partial charge in [0.15, 0.2) is 5.69 Å². The van der Waals surface area contributed by atoms with Crippen LogP contribution in [0.2, 0.25) is 0 Å². The molecule has 0 saturated carbocycles. The standard InChI is InChI=1S/C18H31N5O2/c1-12(2)17-14(5-4-10-25-17)11-20-18(24)16-13(3)23(22-21-16)15-6-8-19-9-7-15/h12,14-15,17,19H,4-11H2,1-3H3,(H,20,24)/t14-,17+/m0/s1. The van der Waals surface area contributed by atoms with Gasteiger partial charge in [-0.1, -0.05) is 19.1 Å². The molecule has 2 saturated heterocycles. The van der Waals surface area contributed by atoms with Gasteiger partial charge in [0.05, 0.1) is 17.8 Å². The second-order valence-corrected chi connectivity index (χ2v) is 7.64. The SMILES string of the molecule is Cc1c(C(=O)NC[C@@H]2CCCO[C@@H]2C(C)C)nnn1C1CCNCC1. The van der Waals surface area contributed by atoms with Crippen molar-refractivity contribution in [2.75, 3.05) is 26.2 Å². The molecule has 0 spiro atoms. The monoisotopic (exact) mass is 349 g/mol. The lowest BCUT2D eigenvalue weighted by Gasteiger charge is -2.34. The minimum absolute atomic E-state index is 0.120. The number of aromatic nitrogens is 3. The van der Waals surface area contributed by atoms with Gasteiger partial charge in [0.2, 0.25) is 0 Å². The fourth-order valence-corrected chi connectivity index (χ4v) is 4.08. The lowest BCUT2D eigenvalue weighted by Crippen LogP contribution is -2.41. The van der Waals surface area contributed by atoms with Crippen LogP contribution in [0, 0.1) is 18.8 Å². The quantitative estimate of drug-likeness (QED) is 0.845. The molecule has 2 aliphatic heterocycles. The summed E-state index contributed by atoms with van der Waals surface area (Å²) in [6.45, 7) is 9.75. The second kappa shape index (κ2) is 8.27. The fraction of sp³-hybridized carbons (Fsp3) is 0.833. The highest BCUT2D eigenvalue weighted by atomic mass is 16.5. The summed E-state index contributed by atoms with van der Waals surface area (Å²) < 4.78 is 7.83. The van der Waals surface area contributed by atoms with Gasteiger partial charge in [0.1, 0.15) is 0 Å². The average molecular weight is 349 g/mol. The molecule has 3 rings (SSSR count). The largest absolute Gasteiger partial charge is 0.378 e. The predicted molar refractivity (Wildman–Crippen MR) is 95.5 cm³/mol. The van der Waals surface area contributed by atoms with Crippen molar-refractivity contribution >= 4 is 5.91 Å². The molecule has 25 heavy (non-hydrogen) atoms. The summed E-state index contributed by atoms with van der Waals surface area (Å²) in [6.07, 6.45) is 4.45. The molecule has 0 unspecified atom stereocenters. The molecule has 2 atom stereocenters. The van der Waals surface area contributed by atoms with Gasteiger partial charge in [-0.05, 0) is 51.6 Å². The third-order valence-electron chi connectivity index (χ3n) is 5.47. The van der Waals surface area contributed by atoms with E-state index in [2.05, 4.69) is 34.8 Å². The van der Waals surface area contributed by atoms with Crippen molar-refractivity contribution in [1.29, 1.82) is 0 Å². The fourth-order valence-electron chi connectivity index (χ4n) is 4.08. The number of rotatable bonds is 5. The van der Waals surface area contributed by atoms with Crippen LogP contribution in [-0.4, -0.2) is 53.2 Å². The van der Waals surface area contributed by atoms with Crippen LogP contribution in [0.4, 0.5) is 0 Å². The summed E-state index contributed by atoms with van der Waals surface area (Å²) in [4.78, 5) is 12.6. The van der Waals surface area contributed by atoms with Gasteiger partial charge in [-0.25, -0.2) is 4.68 Å². The van der Waals surface area contributed by atoms with Gasteiger partial charge in [-0.3, -0.25) is 4.79 Å². The highest BCUT2D eigenvalue weighted by Gasteiger charge is 2.29. The number of hydrogen-bond acceptors (Lipinski definition) is 5. The molecule has 2 N–H and O–H groups in total. The number of hydrogen-bond donors (Lipinski definition) is 2. The van der Waals surface area contributed by atoms with Gasteiger partial charge < -0.3 is 15.4 Å². The Hall–Kier alpha value is -1.47. The van der Waals surface area contributed by atoms with Crippen LogP contribution in [-0.2, 0) is 4.74 Å². The molecule has 2 fully saturated rings. The highest BCUT2D eigenvalue weighted by molar-refractivity contribution is 5.93. The Kier molecular flexibility index (Phi) is 6.06. The molecule has 1 aromatic heterocycles. The van der Waals surface area contributed by atoms with Crippen molar-refractivity contribution in [3.8, 4) is 0 Å². The van der Waals surface area contributed by atoms with Crippen molar-refractivity contribution in [2.45, 2.75) is 58.6 Å². The Labute approximate surface area is 149 Å². The van der Waals surface area contributed by atoms with Crippen LogP contribution >= 0.6 is 0 Å². The molecular weight excluding hydrogens is 318 g/mol. The molecule has 0 radical (unpaired) electrons. The minimum Gasteiger partial charge on any atom is -0.378 e. The minimum atomic E-state index is -0.120. The zero-order valence-corrected chi connectivity index (χ0v) is 15.6. The number of piperidine rings is 1. The van der Waals surface area contributed by atoms with Gasteiger partial charge in [0, 0.05) is 19.1 Å². The average Bonchev–Trinajstić information content (AvgIpc) is 3.02. The first-order valence-corrected chi connectivity index (χ1v) is 9.60. The van der Waals surface area contributed by atoms with Crippen molar-refractivity contribution in [3.05, 3.63) is 11.4 Å². The number of nitrogens with zero attached hydrogens (tertiary/aromatic N) is 3. The Morgan fingerprint density at radius 2 is 2.12 bits per heavy atom. The molecule has 1 aromatic rings. The van der Waals surface area contributed by atoms with Crippen LogP contribution in [0.5, 0.6) is 0 Å². The lowest BCUT2D eigenvalue weighted by atomic mass is 9.87. The molecule has 7 nitrogen and oxygen atoms in total. The summed E-state index contributed by atoms with van der Waals surface area (Å²) in [5, 5.41) is 14.8. The van der Waals surface area contributed by atoms with E-state index < -0.39 is 0 Å². The van der Waals surface area contributed by atoms with Crippen molar-refractivity contribution in [3.63, 3.8) is 0 Å². The molecule has 7 heteroatoms. The van der Waals surface area contributed by atoms with Gasteiger partial charge >= 0.3 is 0 Å². The summed E-state index contributed by atoms with van der Waals surface area (Å²) in [5.74, 6) is 0.716. The smallest absolute Gasteiger partial charge is 0.273 e. The molecule has 140 valence electrons. The first-order valence-electron chi connectivity index (χ1n) is 9.60. The zero-order valence-electron chi connectivity index (χ0n) is 15.6. The van der Waals surface area contributed by atoms with Crippen LogP contribution in [0.1, 0.15) is 61.8 Å². The molecule has 0 aliphatic carbocycles. The Morgan fingerprint density at radius 1 is 1.36 bits per heavy atom. The van der Waals surface area contributed by atoms with Gasteiger partial charge in [-0.15, -0.1) is 5.10 Å². The van der Waals surface area contributed by atoms with E-state index >= 15 is 0 Å². The van der Waals surface area contributed by atoms with Crippen molar-refractivity contribution in [1.82, 2.24) is 25.6 Å². The van der Waals surface area contributed by atoms with E-state index in [4.69, 9.17) is 4.74 Å². The van der Waals surface area contributed by atoms with Gasteiger partial charge in [0.25, 0.3) is 5.91 Å². The first kappa shape index (κ1) is 18.3. The first-order chi connectivity index (χ1) is 12.1. The number of ether oxygens (including phenoxy) is 1. The Morgan fingerprint density at radius 3 is 2.84 bits per heavy atom. The summed E-state index contributed by atoms with van der Waals surface area (Å²) >= 11 is 0. The third kappa shape index (κ3) is 4.20. The molecular formula is C18H31N5O2. The van der Waals surface area contributed by atoms with E-state index in [-0.39, 0.29) is 12.0 Å². The number of carbonyl (C=O) groups excluding carboxylic acids is 1. The maximum Gasteiger partial charge on any atom is 0.273 e. The molecule has 0 aromatic carbocycles. The highest BCUT2D eigenvalue weighted by Crippen LogP contribution is 2.26. The topological polar surface area (TPSA) is 81.1 Å². The summed E-state index contributed by atoms with van der Waals surface area (Å²) in [7, 11) is 0. The van der Waals surface area contributed by atoms with E-state index in [0.29, 0.717) is 30.1 Å². The molecule has 3 heterocycles. The Balaban J connectivity index is 1.60. The lowest BCUT2D eigenvalue weighted by molar-refractivity contribution is -0.0510. The van der Waals surface area contributed by atoms with Crippen molar-refractivity contribution < 1.29 is 9.53 Å². The maximum atomic E-state index is 12.6. The molecule has 2 aliphatic rings. The normalized spacial score (nSPS) is 25.3.